The summed E-state index contributed by atoms with van der Waals surface area (Å²) in [6.45, 7) is 2.38. The molecule has 6 atom stereocenters. The number of rotatable bonds is 2. The number of aryl methyl sites for hydroxylation is 1. The van der Waals surface area contributed by atoms with Crippen LogP contribution in [0.5, 0.6) is 5.75 Å². The van der Waals surface area contributed by atoms with E-state index in [1.165, 1.54) is 30.4 Å². The number of carbonyl (C=O) groups excluding carboxylic acids is 1. The fourth-order valence-electron chi connectivity index (χ4n) is 8.20. The van der Waals surface area contributed by atoms with Crippen molar-refractivity contribution in [1.82, 2.24) is 0 Å². The highest BCUT2D eigenvalue weighted by molar-refractivity contribution is 5.75. The SMILES string of the molecule is C[C@]12CCC3c4ccc(OC(=O)C5CCCC5)cc4CCC3[C@@]13C[C@H]3C[C@@H]2O. The van der Waals surface area contributed by atoms with Gasteiger partial charge < -0.3 is 9.84 Å². The van der Waals surface area contributed by atoms with E-state index in [-0.39, 0.29) is 23.4 Å². The fraction of sp³-hybridized carbons (Fsp3) is 0.720. The zero-order valence-electron chi connectivity index (χ0n) is 17.0. The molecule has 5 aliphatic rings. The summed E-state index contributed by atoms with van der Waals surface area (Å²) in [5, 5.41) is 10.7. The number of fused-ring (bicyclic) bond motifs is 3. The molecule has 5 aliphatic carbocycles. The summed E-state index contributed by atoms with van der Waals surface area (Å²) in [6.07, 6.45) is 11.2. The van der Waals surface area contributed by atoms with Crippen molar-refractivity contribution in [3.05, 3.63) is 29.3 Å². The molecule has 1 aromatic carbocycles. The van der Waals surface area contributed by atoms with Crippen LogP contribution in [0.2, 0.25) is 0 Å². The second-order valence-electron chi connectivity index (χ2n) is 10.7. The van der Waals surface area contributed by atoms with Gasteiger partial charge in [0, 0.05) is 0 Å². The third-order valence-electron chi connectivity index (χ3n) is 9.73. The molecule has 4 fully saturated rings. The highest BCUT2D eigenvalue weighted by atomic mass is 16.5. The molecule has 150 valence electrons. The Hall–Kier alpha value is -1.35. The Bertz CT molecular complexity index is 825. The minimum Gasteiger partial charge on any atom is -0.426 e. The van der Waals surface area contributed by atoms with E-state index in [1.807, 2.05) is 6.07 Å². The Kier molecular flexibility index (Phi) is 3.65. The first kappa shape index (κ1) is 17.5. The van der Waals surface area contributed by atoms with Gasteiger partial charge in [-0.25, -0.2) is 0 Å². The molecular weight excluding hydrogens is 348 g/mol. The molecule has 28 heavy (non-hydrogen) atoms. The quantitative estimate of drug-likeness (QED) is 0.580. The number of benzene rings is 1. The Labute approximate surface area is 167 Å². The van der Waals surface area contributed by atoms with Gasteiger partial charge in [-0.1, -0.05) is 25.8 Å². The van der Waals surface area contributed by atoms with Gasteiger partial charge in [0.1, 0.15) is 5.75 Å². The van der Waals surface area contributed by atoms with Crippen LogP contribution in [0.4, 0.5) is 0 Å². The maximum atomic E-state index is 12.4. The predicted molar refractivity (Wildman–Crippen MR) is 107 cm³/mol. The second-order valence-corrected chi connectivity index (χ2v) is 10.7. The lowest BCUT2D eigenvalue weighted by molar-refractivity contribution is -0.138. The molecule has 0 saturated heterocycles. The van der Waals surface area contributed by atoms with Crippen molar-refractivity contribution in [1.29, 1.82) is 0 Å². The van der Waals surface area contributed by atoms with E-state index in [1.54, 1.807) is 0 Å². The van der Waals surface area contributed by atoms with Crippen LogP contribution in [-0.2, 0) is 11.2 Å². The van der Waals surface area contributed by atoms with Gasteiger partial charge in [0.2, 0.25) is 0 Å². The summed E-state index contributed by atoms with van der Waals surface area (Å²) in [5.41, 5.74) is 3.45. The van der Waals surface area contributed by atoms with Crippen molar-refractivity contribution in [2.75, 3.05) is 0 Å². The molecule has 0 aromatic heterocycles. The Morgan fingerprint density at radius 3 is 2.82 bits per heavy atom. The van der Waals surface area contributed by atoms with Crippen molar-refractivity contribution in [3.8, 4) is 5.75 Å². The first-order valence-corrected chi connectivity index (χ1v) is 11.6. The molecule has 0 aliphatic heterocycles. The molecule has 6 rings (SSSR count). The van der Waals surface area contributed by atoms with E-state index in [4.69, 9.17) is 4.74 Å². The molecule has 3 nitrogen and oxygen atoms in total. The number of hydrogen-bond donors (Lipinski definition) is 1. The molecule has 0 radical (unpaired) electrons. The zero-order chi connectivity index (χ0) is 19.1. The van der Waals surface area contributed by atoms with Crippen molar-refractivity contribution in [2.24, 2.45) is 28.6 Å². The molecule has 4 saturated carbocycles. The van der Waals surface area contributed by atoms with Crippen LogP contribution in [0, 0.1) is 28.6 Å². The first-order chi connectivity index (χ1) is 13.5. The number of esters is 1. The van der Waals surface area contributed by atoms with E-state index >= 15 is 0 Å². The monoisotopic (exact) mass is 380 g/mol. The van der Waals surface area contributed by atoms with E-state index in [0.29, 0.717) is 11.3 Å². The number of aliphatic hydroxyl groups excluding tert-OH is 1. The smallest absolute Gasteiger partial charge is 0.314 e. The van der Waals surface area contributed by atoms with Gasteiger partial charge in [0.05, 0.1) is 12.0 Å². The van der Waals surface area contributed by atoms with Gasteiger partial charge in [0.25, 0.3) is 0 Å². The average Bonchev–Trinajstić information content (AvgIpc) is 3.06. The summed E-state index contributed by atoms with van der Waals surface area (Å²) in [7, 11) is 0. The van der Waals surface area contributed by atoms with Gasteiger partial charge in [-0.3, -0.25) is 4.79 Å². The summed E-state index contributed by atoms with van der Waals surface area (Å²) in [5.74, 6) is 2.94. The number of ether oxygens (including phenoxy) is 1. The third kappa shape index (κ3) is 2.17. The lowest BCUT2D eigenvalue weighted by Crippen LogP contribution is -2.47. The van der Waals surface area contributed by atoms with Gasteiger partial charge in [-0.05, 0) is 103 Å². The van der Waals surface area contributed by atoms with Gasteiger partial charge in [-0.15, -0.1) is 0 Å². The van der Waals surface area contributed by atoms with Crippen LogP contribution in [0.1, 0.15) is 81.8 Å². The molecule has 1 spiro atoms. The standard InChI is InChI=1S/C25H32O3/c1-24-11-10-20-19-8-7-18(28-23(27)15-4-2-3-5-15)12-16(19)6-9-21(20)25(24)14-17(25)13-22(24)26/h7-8,12,15,17,20-22,26H,2-6,9-11,13-14H2,1H3/t17-,20?,21?,22+,24-,25+/m1/s1. The molecule has 1 N–H and O–H groups in total. The second kappa shape index (κ2) is 5.84. The summed E-state index contributed by atoms with van der Waals surface area (Å²) < 4.78 is 5.76. The predicted octanol–water partition coefficient (Wildman–Crippen LogP) is 5.00. The molecule has 0 heterocycles. The average molecular weight is 381 g/mol. The lowest BCUT2D eigenvalue weighted by atomic mass is 9.52. The third-order valence-corrected chi connectivity index (χ3v) is 9.73. The van der Waals surface area contributed by atoms with Gasteiger partial charge in [-0.2, -0.15) is 0 Å². The maximum Gasteiger partial charge on any atom is 0.314 e. The van der Waals surface area contributed by atoms with Crippen LogP contribution in [-0.4, -0.2) is 17.2 Å². The van der Waals surface area contributed by atoms with Crippen LogP contribution >= 0.6 is 0 Å². The lowest BCUT2D eigenvalue weighted by Gasteiger charge is -2.52. The minimum atomic E-state index is -0.0917. The highest BCUT2D eigenvalue weighted by Crippen LogP contribution is 2.81. The summed E-state index contributed by atoms with van der Waals surface area (Å²) in [4.78, 5) is 12.4. The minimum absolute atomic E-state index is 0.0285. The Morgan fingerprint density at radius 1 is 1.18 bits per heavy atom. The van der Waals surface area contributed by atoms with Crippen LogP contribution in [0.25, 0.3) is 0 Å². The van der Waals surface area contributed by atoms with Crippen LogP contribution < -0.4 is 4.74 Å². The molecule has 1 aromatic rings. The molecule has 0 amide bonds. The van der Waals surface area contributed by atoms with Crippen LogP contribution in [0.15, 0.2) is 18.2 Å². The van der Waals surface area contributed by atoms with E-state index in [9.17, 15) is 9.90 Å². The maximum absolute atomic E-state index is 12.4. The van der Waals surface area contributed by atoms with Gasteiger partial charge >= 0.3 is 5.97 Å². The van der Waals surface area contributed by atoms with E-state index in [0.717, 1.165) is 62.5 Å². The highest BCUT2D eigenvalue weighted by Gasteiger charge is 2.76. The largest absolute Gasteiger partial charge is 0.426 e. The fourth-order valence-corrected chi connectivity index (χ4v) is 8.20. The first-order valence-electron chi connectivity index (χ1n) is 11.6. The topological polar surface area (TPSA) is 46.5 Å². The van der Waals surface area contributed by atoms with Crippen LogP contribution in [0.3, 0.4) is 0 Å². The molecule has 0 bridgehead atoms. The summed E-state index contributed by atoms with van der Waals surface area (Å²) >= 11 is 0. The zero-order valence-corrected chi connectivity index (χ0v) is 17.0. The number of carbonyl (C=O) groups is 1. The van der Waals surface area contributed by atoms with Crippen molar-refractivity contribution in [3.63, 3.8) is 0 Å². The molecular formula is C25H32O3. The summed E-state index contributed by atoms with van der Waals surface area (Å²) in [6, 6.07) is 6.44. The van der Waals surface area contributed by atoms with Gasteiger partial charge in [0.15, 0.2) is 0 Å². The molecule has 2 unspecified atom stereocenters. The van der Waals surface area contributed by atoms with E-state index in [2.05, 4.69) is 19.1 Å². The van der Waals surface area contributed by atoms with Crippen molar-refractivity contribution >= 4 is 5.97 Å². The Balaban J connectivity index is 1.26. The van der Waals surface area contributed by atoms with Crippen molar-refractivity contribution in [2.45, 2.75) is 83.2 Å². The van der Waals surface area contributed by atoms with E-state index < -0.39 is 0 Å². The van der Waals surface area contributed by atoms with Crippen molar-refractivity contribution < 1.29 is 14.6 Å². The normalized spacial score (nSPS) is 43.6. The molecule has 3 heteroatoms. The number of hydrogen-bond acceptors (Lipinski definition) is 3. The Morgan fingerprint density at radius 2 is 2.00 bits per heavy atom. The number of aliphatic hydroxyl groups is 1.